The van der Waals surface area contributed by atoms with Gasteiger partial charge in [0.05, 0.1) is 0 Å². The van der Waals surface area contributed by atoms with Gasteiger partial charge in [-0.05, 0) is 13.8 Å². The number of hydrogen-bond acceptors (Lipinski definition) is 6. The van der Waals surface area contributed by atoms with Gasteiger partial charge in [-0.15, -0.1) is 0 Å². The van der Waals surface area contributed by atoms with Gasteiger partial charge in [-0.2, -0.15) is 0 Å². The number of Topliss-reactive ketones (excluding diaryl/α,β-unsaturated/α-hetero) is 1. The van der Waals surface area contributed by atoms with Gasteiger partial charge >= 0.3 is 7.60 Å². The van der Waals surface area contributed by atoms with Gasteiger partial charge in [0.15, 0.2) is 0 Å². The van der Waals surface area contributed by atoms with Crippen molar-refractivity contribution in [3.05, 3.63) is 0 Å². The Hall–Kier alpha value is -0.260. The standard InChI is InChI=1S/C11H23O6P/c1-6-11(16-7-2,17-8-3)10(12)9-18(13,14-4)15-5/h6-9H2,1-5H3. The number of carbonyl (C=O) groups excluding carboxylic acids is 1. The molecule has 0 radical (unpaired) electrons. The van der Waals surface area contributed by atoms with E-state index < -0.39 is 19.2 Å². The van der Waals surface area contributed by atoms with E-state index in [-0.39, 0.29) is 6.16 Å². The average molecular weight is 282 g/mol. The van der Waals surface area contributed by atoms with Gasteiger partial charge in [0.1, 0.15) is 6.16 Å². The maximum absolute atomic E-state index is 12.2. The van der Waals surface area contributed by atoms with Gasteiger partial charge in [-0.25, -0.2) is 0 Å². The van der Waals surface area contributed by atoms with Crippen LogP contribution in [0.1, 0.15) is 27.2 Å². The molecule has 0 amide bonds. The molecular weight excluding hydrogens is 259 g/mol. The number of carbonyl (C=O) groups is 1. The molecule has 0 aromatic heterocycles. The highest BCUT2D eigenvalue weighted by atomic mass is 31.2. The van der Waals surface area contributed by atoms with Gasteiger partial charge in [0.25, 0.3) is 0 Å². The lowest BCUT2D eigenvalue weighted by atomic mass is 10.1. The smallest absolute Gasteiger partial charge is 0.337 e. The summed E-state index contributed by atoms with van der Waals surface area (Å²) in [6.45, 7) is 5.95. The van der Waals surface area contributed by atoms with E-state index in [0.717, 1.165) is 0 Å². The molecule has 0 heterocycles. The molecule has 108 valence electrons. The summed E-state index contributed by atoms with van der Waals surface area (Å²) in [5.41, 5.74) is 0. The van der Waals surface area contributed by atoms with Crippen molar-refractivity contribution >= 4 is 13.4 Å². The van der Waals surface area contributed by atoms with Crippen LogP contribution in [0.15, 0.2) is 0 Å². The molecule has 0 N–H and O–H groups in total. The highest BCUT2D eigenvalue weighted by Gasteiger charge is 2.42. The molecule has 0 unspecified atom stereocenters. The summed E-state index contributed by atoms with van der Waals surface area (Å²) in [5, 5.41) is 0. The summed E-state index contributed by atoms with van der Waals surface area (Å²) in [6.07, 6.45) is -0.0330. The van der Waals surface area contributed by atoms with Crippen LogP contribution in [0.4, 0.5) is 0 Å². The summed E-state index contributed by atoms with van der Waals surface area (Å²) in [4.78, 5) is 12.2. The molecule has 0 aromatic carbocycles. The average Bonchev–Trinajstić information content (AvgIpc) is 2.38. The zero-order valence-electron chi connectivity index (χ0n) is 11.7. The molecule has 0 fully saturated rings. The number of rotatable bonds is 10. The normalized spacial score (nSPS) is 12.7. The van der Waals surface area contributed by atoms with Gasteiger partial charge in [0.2, 0.25) is 11.6 Å². The Kier molecular flexibility index (Phi) is 7.90. The van der Waals surface area contributed by atoms with Crippen molar-refractivity contribution in [3.63, 3.8) is 0 Å². The highest BCUT2D eigenvalue weighted by molar-refractivity contribution is 7.54. The van der Waals surface area contributed by atoms with Crippen LogP contribution < -0.4 is 0 Å². The van der Waals surface area contributed by atoms with Crippen molar-refractivity contribution in [1.29, 1.82) is 0 Å². The van der Waals surface area contributed by atoms with Crippen molar-refractivity contribution in [1.82, 2.24) is 0 Å². The molecule has 0 bridgehead atoms. The topological polar surface area (TPSA) is 71.1 Å². The van der Waals surface area contributed by atoms with Gasteiger partial charge in [0, 0.05) is 33.9 Å². The lowest BCUT2D eigenvalue weighted by Crippen LogP contribution is -2.45. The zero-order valence-corrected chi connectivity index (χ0v) is 12.6. The van der Waals surface area contributed by atoms with E-state index >= 15 is 0 Å². The third-order valence-electron chi connectivity index (χ3n) is 2.54. The van der Waals surface area contributed by atoms with Crippen molar-refractivity contribution in [3.8, 4) is 0 Å². The SMILES string of the molecule is CCOC(CC)(OCC)C(=O)CP(=O)(OC)OC. The second-order valence-corrected chi connectivity index (χ2v) is 5.80. The van der Waals surface area contributed by atoms with Crippen molar-refractivity contribution in [2.45, 2.75) is 33.0 Å². The molecule has 0 saturated heterocycles. The number of ketones is 1. The molecule has 0 aliphatic rings. The van der Waals surface area contributed by atoms with Crippen LogP contribution in [0.25, 0.3) is 0 Å². The largest absolute Gasteiger partial charge is 0.344 e. The van der Waals surface area contributed by atoms with E-state index in [2.05, 4.69) is 0 Å². The van der Waals surface area contributed by atoms with Crippen LogP contribution in [0.2, 0.25) is 0 Å². The third kappa shape index (κ3) is 4.44. The maximum Gasteiger partial charge on any atom is 0.337 e. The molecule has 0 aliphatic heterocycles. The Morgan fingerprint density at radius 1 is 1.06 bits per heavy atom. The Labute approximate surface area is 108 Å². The van der Waals surface area contributed by atoms with Crippen LogP contribution in [-0.4, -0.2) is 45.2 Å². The molecule has 0 aliphatic carbocycles. The van der Waals surface area contributed by atoms with Crippen LogP contribution in [0, 0.1) is 0 Å². The van der Waals surface area contributed by atoms with Crippen molar-refractivity contribution < 1.29 is 27.9 Å². The van der Waals surface area contributed by atoms with E-state index in [0.29, 0.717) is 19.6 Å². The second-order valence-electron chi connectivity index (χ2n) is 3.53. The highest BCUT2D eigenvalue weighted by Crippen LogP contribution is 2.47. The molecule has 18 heavy (non-hydrogen) atoms. The Morgan fingerprint density at radius 3 is 1.78 bits per heavy atom. The summed E-state index contributed by atoms with van der Waals surface area (Å²) in [6, 6.07) is 0. The Morgan fingerprint density at radius 2 is 1.50 bits per heavy atom. The molecule has 0 saturated carbocycles. The second kappa shape index (κ2) is 8.02. The van der Waals surface area contributed by atoms with Gasteiger partial charge < -0.3 is 18.5 Å². The van der Waals surface area contributed by atoms with Crippen LogP contribution in [0.5, 0.6) is 0 Å². The first kappa shape index (κ1) is 17.7. The minimum Gasteiger partial charge on any atom is -0.344 e. The summed E-state index contributed by atoms with van der Waals surface area (Å²) in [7, 11) is -0.919. The van der Waals surface area contributed by atoms with E-state index in [1.807, 2.05) is 0 Å². The summed E-state index contributed by atoms with van der Waals surface area (Å²) < 4.78 is 32.3. The molecular formula is C11H23O6P. The minimum atomic E-state index is -3.40. The van der Waals surface area contributed by atoms with Crippen molar-refractivity contribution in [2.75, 3.05) is 33.6 Å². The first-order valence-corrected chi connectivity index (χ1v) is 7.68. The number of hydrogen-bond donors (Lipinski definition) is 0. The fourth-order valence-electron chi connectivity index (χ4n) is 1.57. The predicted octanol–water partition coefficient (Wildman–Crippen LogP) is 2.22. The summed E-state index contributed by atoms with van der Waals surface area (Å²) >= 11 is 0. The minimum absolute atomic E-state index is 0.323. The zero-order chi connectivity index (χ0) is 14.2. The van der Waals surface area contributed by atoms with Crippen molar-refractivity contribution in [2.24, 2.45) is 0 Å². The molecule has 0 aromatic rings. The molecule has 0 spiro atoms. The van der Waals surface area contributed by atoms with E-state index in [9.17, 15) is 9.36 Å². The quantitative estimate of drug-likeness (QED) is 0.452. The summed E-state index contributed by atoms with van der Waals surface area (Å²) in [5.74, 6) is -1.79. The lowest BCUT2D eigenvalue weighted by Gasteiger charge is -2.31. The van der Waals surface area contributed by atoms with E-state index in [4.69, 9.17) is 18.5 Å². The fourth-order valence-corrected chi connectivity index (χ4v) is 2.57. The lowest BCUT2D eigenvalue weighted by molar-refractivity contribution is -0.225. The first-order valence-electron chi connectivity index (χ1n) is 5.95. The molecule has 6 nitrogen and oxygen atoms in total. The predicted molar refractivity (Wildman–Crippen MR) is 67.8 cm³/mol. The fraction of sp³-hybridized carbons (Fsp3) is 0.909. The molecule has 7 heteroatoms. The Bertz CT molecular complexity index is 290. The Balaban J connectivity index is 5.01. The molecule has 0 atom stereocenters. The van der Waals surface area contributed by atoms with Gasteiger partial charge in [-0.3, -0.25) is 9.36 Å². The van der Waals surface area contributed by atoms with Crippen LogP contribution >= 0.6 is 7.60 Å². The van der Waals surface area contributed by atoms with Gasteiger partial charge in [-0.1, -0.05) is 6.92 Å². The molecule has 0 rings (SSSR count). The number of ether oxygens (including phenoxy) is 2. The van der Waals surface area contributed by atoms with E-state index in [1.54, 1.807) is 20.8 Å². The monoisotopic (exact) mass is 282 g/mol. The van der Waals surface area contributed by atoms with E-state index in [1.165, 1.54) is 14.2 Å². The first-order chi connectivity index (χ1) is 8.43. The maximum atomic E-state index is 12.2. The van der Waals surface area contributed by atoms with Crippen LogP contribution in [0.3, 0.4) is 0 Å². The van der Waals surface area contributed by atoms with Crippen LogP contribution in [-0.2, 0) is 27.9 Å². The third-order valence-corrected chi connectivity index (χ3v) is 4.33.